The molecule has 0 N–H and O–H groups in total. The fraction of sp³-hybridized carbons (Fsp3) is 1.00. The molecule has 0 nitrogen and oxygen atoms in total. The van der Waals surface area contributed by atoms with Crippen molar-refractivity contribution in [1.82, 2.24) is 0 Å². The van der Waals surface area contributed by atoms with Crippen LogP contribution in [0.4, 0.5) is 0 Å². The molecule has 0 bridgehead atoms. The summed E-state index contributed by atoms with van der Waals surface area (Å²) < 4.78 is 0. The Hall–Kier alpha value is 0. The van der Waals surface area contributed by atoms with Crippen LogP contribution in [-0.4, -0.2) is 0 Å². The molecule has 0 heterocycles. The second-order valence-corrected chi connectivity index (χ2v) is 6.18. The van der Waals surface area contributed by atoms with E-state index in [0.29, 0.717) is 0 Å². The van der Waals surface area contributed by atoms with Crippen molar-refractivity contribution in [2.45, 2.75) is 58.3 Å². The van der Waals surface area contributed by atoms with Crippen molar-refractivity contribution >= 4 is 0 Å². The molecule has 3 aliphatic carbocycles. The van der Waals surface area contributed by atoms with Crippen LogP contribution in [0.25, 0.3) is 0 Å². The maximum Gasteiger partial charge on any atom is -0.0352 e. The van der Waals surface area contributed by atoms with E-state index in [1.807, 2.05) is 0 Å². The molecule has 4 unspecified atom stereocenters. The molecule has 3 fully saturated rings. The van der Waals surface area contributed by atoms with Gasteiger partial charge in [-0.15, -0.1) is 0 Å². The maximum atomic E-state index is 2.52. The minimum absolute atomic E-state index is 1.05. The summed E-state index contributed by atoms with van der Waals surface area (Å²) in [6.07, 6.45) is 12.5. The van der Waals surface area contributed by atoms with Gasteiger partial charge in [0.2, 0.25) is 0 Å². The zero-order chi connectivity index (χ0) is 9.54. The summed E-state index contributed by atoms with van der Waals surface area (Å²) in [6.45, 7) is 2.52. The molecule has 0 spiro atoms. The van der Waals surface area contributed by atoms with Crippen molar-refractivity contribution in [3.8, 4) is 0 Å². The van der Waals surface area contributed by atoms with Crippen molar-refractivity contribution in [1.29, 1.82) is 0 Å². The van der Waals surface area contributed by atoms with Crippen LogP contribution in [0.5, 0.6) is 0 Å². The lowest BCUT2D eigenvalue weighted by Gasteiger charge is -2.35. The molecule has 0 amide bonds. The zero-order valence-electron chi connectivity index (χ0n) is 9.54. The summed E-state index contributed by atoms with van der Waals surface area (Å²) in [6, 6.07) is 0. The largest absolute Gasteiger partial charge is 0.0622 e. The van der Waals surface area contributed by atoms with Crippen LogP contribution >= 0.6 is 0 Å². The van der Waals surface area contributed by atoms with E-state index < -0.39 is 0 Å². The van der Waals surface area contributed by atoms with Gasteiger partial charge in [0.05, 0.1) is 0 Å². The Morgan fingerprint density at radius 2 is 1.50 bits per heavy atom. The highest BCUT2D eigenvalue weighted by Gasteiger charge is 2.46. The van der Waals surface area contributed by atoms with Crippen LogP contribution in [0.15, 0.2) is 0 Å². The third kappa shape index (κ3) is 1.33. The maximum absolute atomic E-state index is 2.52. The van der Waals surface area contributed by atoms with E-state index in [-0.39, 0.29) is 0 Å². The lowest BCUT2D eigenvalue weighted by Crippen LogP contribution is -2.26. The third-order valence-corrected chi connectivity index (χ3v) is 5.57. The second kappa shape index (κ2) is 3.54. The highest BCUT2D eigenvalue weighted by atomic mass is 14.5. The van der Waals surface area contributed by atoms with Gasteiger partial charge in [-0.25, -0.2) is 0 Å². The molecule has 0 aliphatic heterocycles. The fourth-order valence-electron chi connectivity index (χ4n) is 4.91. The molecule has 14 heavy (non-hydrogen) atoms. The molecular weight excluding hydrogens is 168 g/mol. The Morgan fingerprint density at radius 3 is 2.43 bits per heavy atom. The summed E-state index contributed by atoms with van der Waals surface area (Å²) in [5.74, 6) is 5.66. The highest BCUT2D eigenvalue weighted by molar-refractivity contribution is 4.96. The first-order valence-corrected chi connectivity index (χ1v) is 6.86. The molecule has 0 saturated heterocycles. The Kier molecular flexibility index (Phi) is 2.34. The average molecular weight is 192 g/mol. The van der Waals surface area contributed by atoms with E-state index >= 15 is 0 Å². The molecule has 0 heteroatoms. The molecule has 0 aromatic heterocycles. The van der Waals surface area contributed by atoms with E-state index in [1.54, 1.807) is 32.1 Å². The summed E-state index contributed by atoms with van der Waals surface area (Å²) >= 11 is 0. The normalized spacial score (nSPS) is 52.5. The monoisotopic (exact) mass is 192 g/mol. The Bertz CT molecular complexity index is 206. The van der Waals surface area contributed by atoms with Crippen LogP contribution < -0.4 is 0 Å². The zero-order valence-corrected chi connectivity index (χ0v) is 9.54. The fourth-order valence-corrected chi connectivity index (χ4v) is 4.91. The quantitative estimate of drug-likeness (QED) is 0.538. The predicted octanol–water partition coefficient (Wildman–Crippen LogP) is 4.25. The van der Waals surface area contributed by atoms with Gasteiger partial charge in [0.15, 0.2) is 0 Å². The van der Waals surface area contributed by atoms with Gasteiger partial charge in [-0.1, -0.05) is 39.0 Å². The minimum atomic E-state index is 1.05. The Labute approximate surface area is 88.5 Å². The third-order valence-electron chi connectivity index (χ3n) is 5.57. The first-order chi connectivity index (χ1) is 6.86. The predicted molar refractivity (Wildman–Crippen MR) is 60.1 cm³/mol. The Balaban J connectivity index is 1.79. The molecule has 80 valence electrons. The van der Waals surface area contributed by atoms with Gasteiger partial charge in [-0.3, -0.25) is 0 Å². The molecule has 3 rings (SSSR count). The van der Waals surface area contributed by atoms with E-state index in [9.17, 15) is 0 Å². The first kappa shape index (κ1) is 9.24. The molecule has 0 radical (unpaired) electrons. The van der Waals surface area contributed by atoms with Crippen molar-refractivity contribution in [3.63, 3.8) is 0 Å². The van der Waals surface area contributed by atoms with E-state index in [1.165, 1.54) is 19.3 Å². The SMILES string of the molecule is C[C@H]1CCCC2C3CCCCC3CC21. The topological polar surface area (TPSA) is 0 Å². The molecule has 0 aromatic rings. The summed E-state index contributed by atoms with van der Waals surface area (Å²) in [5.41, 5.74) is 0. The smallest absolute Gasteiger partial charge is 0.0352 e. The number of hydrogen-bond donors (Lipinski definition) is 0. The van der Waals surface area contributed by atoms with Crippen molar-refractivity contribution < 1.29 is 0 Å². The van der Waals surface area contributed by atoms with Crippen molar-refractivity contribution in [2.24, 2.45) is 29.6 Å². The van der Waals surface area contributed by atoms with Gasteiger partial charge in [0, 0.05) is 0 Å². The van der Waals surface area contributed by atoms with Gasteiger partial charge in [0.1, 0.15) is 0 Å². The standard InChI is InChI=1S/C14H24/c1-10-5-4-8-13-12-7-3-2-6-11(12)9-14(10)13/h10-14H,2-9H2,1H3/t10-,11?,12?,13?,14?/m0/s1. The number of fused-ring (bicyclic) bond motifs is 3. The molecular formula is C14H24. The lowest BCUT2D eigenvalue weighted by atomic mass is 9.70. The van der Waals surface area contributed by atoms with Gasteiger partial charge in [0.25, 0.3) is 0 Å². The number of rotatable bonds is 0. The van der Waals surface area contributed by atoms with Gasteiger partial charge < -0.3 is 0 Å². The van der Waals surface area contributed by atoms with Crippen LogP contribution in [0.2, 0.25) is 0 Å². The molecule has 3 aliphatic rings. The Morgan fingerprint density at radius 1 is 0.714 bits per heavy atom. The highest BCUT2D eigenvalue weighted by Crippen LogP contribution is 2.55. The van der Waals surface area contributed by atoms with E-state index in [2.05, 4.69) is 6.92 Å². The molecule has 0 aromatic carbocycles. The summed E-state index contributed by atoms with van der Waals surface area (Å²) in [4.78, 5) is 0. The van der Waals surface area contributed by atoms with E-state index in [4.69, 9.17) is 0 Å². The minimum Gasteiger partial charge on any atom is -0.0622 e. The van der Waals surface area contributed by atoms with Crippen molar-refractivity contribution in [2.75, 3.05) is 0 Å². The van der Waals surface area contributed by atoms with Crippen molar-refractivity contribution in [3.05, 3.63) is 0 Å². The van der Waals surface area contributed by atoms with E-state index in [0.717, 1.165) is 29.6 Å². The number of hydrogen-bond acceptors (Lipinski definition) is 0. The van der Waals surface area contributed by atoms with Crippen LogP contribution in [0.1, 0.15) is 58.3 Å². The second-order valence-electron chi connectivity index (χ2n) is 6.18. The first-order valence-electron chi connectivity index (χ1n) is 6.86. The van der Waals surface area contributed by atoms with Crippen LogP contribution in [-0.2, 0) is 0 Å². The van der Waals surface area contributed by atoms with Gasteiger partial charge in [-0.2, -0.15) is 0 Å². The molecule has 5 atom stereocenters. The average Bonchev–Trinajstić information content (AvgIpc) is 2.59. The molecule has 3 saturated carbocycles. The van der Waals surface area contributed by atoms with Crippen LogP contribution in [0.3, 0.4) is 0 Å². The summed E-state index contributed by atoms with van der Waals surface area (Å²) in [5, 5.41) is 0. The van der Waals surface area contributed by atoms with Crippen LogP contribution in [0, 0.1) is 29.6 Å². The summed E-state index contributed by atoms with van der Waals surface area (Å²) in [7, 11) is 0. The van der Waals surface area contributed by atoms with Gasteiger partial charge >= 0.3 is 0 Å². The lowest BCUT2D eigenvalue weighted by molar-refractivity contribution is 0.148. The van der Waals surface area contributed by atoms with Gasteiger partial charge in [-0.05, 0) is 48.9 Å².